The zero-order chi connectivity index (χ0) is 17.3. The van der Waals surface area contributed by atoms with Crippen LogP contribution in [-0.2, 0) is 0 Å². The fourth-order valence-electron chi connectivity index (χ4n) is 2.68. The highest BCUT2D eigenvalue weighted by atomic mass is 14.9. The summed E-state index contributed by atoms with van der Waals surface area (Å²) in [5, 5.41) is 0. The number of aliphatic imine (C=N–C) groups is 3. The lowest BCUT2D eigenvalue weighted by molar-refractivity contribution is 0.996. The van der Waals surface area contributed by atoms with Crippen LogP contribution in [0.15, 0.2) is 93.4 Å². The van der Waals surface area contributed by atoms with E-state index in [2.05, 4.69) is 64.2 Å². The lowest BCUT2D eigenvalue weighted by atomic mass is 10.0. The lowest BCUT2D eigenvalue weighted by Crippen LogP contribution is -1.97. The van der Waals surface area contributed by atoms with Crippen molar-refractivity contribution in [3.8, 4) is 11.1 Å². The van der Waals surface area contributed by atoms with E-state index < -0.39 is 0 Å². The molecule has 0 atom stereocenters. The zero-order valence-corrected chi connectivity index (χ0v) is 14.2. The summed E-state index contributed by atoms with van der Waals surface area (Å²) in [5.74, 6) is 0.580. The van der Waals surface area contributed by atoms with E-state index in [1.54, 1.807) is 6.34 Å². The molecule has 3 nitrogen and oxygen atoms in total. The van der Waals surface area contributed by atoms with Crippen molar-refractivity contribution >= 4 is 18.9 Å². The molecular formula is C22H21N3. The minimum atomic E-state index is 0.580. The lowest BCUT2D eigenvalue weighted by Gasteiger charge is -2.04. The Morgan fingerprint density at radius 1 is 0.960 bits per heavy atom. The Morgan fingerprint density at radius 2 is 1.72 bits per heavy atom. The topological polar surface area (TPSA) is 37.1 Å². The van der Waals surface area contributed by atoms with Crippen molar-refractivity contribution in [3.05, 3.63) is 84.0 Å². The van der Waals surface area contributed by atoms with Crippen LogP contribution in [0, 0.1) is 0 Å². The summed E-state index contributed by atoms with van der Waals surface area (Å²) < 4.78 is 0. The summed E-state index contributed by atoms with van der Waals surface area (Å²) in [5.41, 5.74) is 4.52. The first-order valence-corrected chi connectivity index (χ1v) is 8.41. The second-order valence-electron chi connectivity index (χ2n) is 5.77. The third-order valence-electron chi connectivity index (χ3n) is 4.01. The van der Waals surface area contributed by atoms with Crippen LogP contribution < -0.4 is 0 Å². The van der Waals surface area contributed by atoms with Crippen LogP contribution in [0.2, 0.25) is 0 Å². The first-order valence-electron chi connectivity index (χ1n) is 8.41. The van der Waals surface area contributed by atoms with E-state index in [0.29, 0.717) is 12.4 Å². The van der Waals surface area contributed by atoms with Crippen molar-refractivity contribution in [2.75, 3.05) is 6.54 Å². The normalized spacial score (nSPS) is 14.6. The molecule has 0 unspecified atom stereocenters. The molecular weight excluding hydrogens is 306 g/mol. The standard InChI is InChI=1S/C22H21N3/c1-23-22(25-17-24-16-18-8-4-2-5-9-18)21-14-12-20(13-15-21)19-10-6-3-7-11-19/h3-4,6-15,17H,1-2,5,16H2/b24-17-,25-22-. The average molecular weight is 327 g/mol. The molecule has 0 spiro atoms. The molecule has 1 aliphatic carbocycles. The van der Waals surface area contributed by atoms with Crippen molar-refractivity contribution in [1.82, 2.24) is 0 Å². The molecule has 0 saturated heterocycles. The number of rotatable bonds is 5. The highest BCUT2D eigenvalue weighted by Crippen LogP contribution is 2.19. The van der Waals surface area contributed by atoms with Crippen molar-refractivity contribution in [2.24, 2.45) is 15.0 Å². The highest BCUT2D eigenvalue weighted by Gasteiger charge is 2.02. The fourth-order valence-corrected chi connectivity index (χ4v) is 2.68. The van der Waals surface area contributed by atoms with Crippen molar-refractivity contribution in [1.29, 1.82) is 0 Å². The molecule has 124 valence electrons. The van der Waals surface area contributed by atoms with Gasteiger partial charge in [0.05, 0.1) is 6.54 Å². The molecule has 3 rings (SSSR count). The van der Waals surface area contributed by atoms with Crippen molar-refractivity contribution in [2.45, 2.75) is 12.8 Å². The summed E-state index contributed by atoms with van der Waals surface area (Å²) in [6, 6.07) is 18.4. The summed E-state index contributed by atoms with van der Waals surface area (Å²) in [7, 11) is 0. The monoisotopic (exact) mass is 327 g/mol. The van der Waals surface area contributed by atoms with Gasteiger partial charge in [0.2, 0.25) is 0 Å². The number of allylic oxidation sites excluding steroid dienone is 2. The van der Waals surface area contributed by atoms with Crippen molar-refractivity contribution < 1.29 is 0 Å². The van der Waals surface area contributed by atoms with Gasteiger partial charge in [-0.25, -0.2) is 9.98 Å². The van der Waals surface area contributed by atoms with Gasteiger partial charge in [-0.1, -0.05) is 72.8 Å². The predicted octanol–water partition coefficient (Wildman–Crippen LogP) is 5.11. The van der Waals surface area contributed by atoms with Gasteiger partial charge in [-0.15, -0.1) is 0 Å². The van der Waals surface area contributed by atoms with Crippen LogP contribution in [0.4, 0.5) is 0 Å². The Bertz CT molecular complexity index is 825. The molecule has 0 amide bonds. The molecule has 0 aliphatic heterocycles. The number of hydrogen-bond acceptors (Lipinski definition) is 1. The van der Waals surface area contributed by atoms with Gasteiger partial charge >= 0.3 is 0 Å². The van der Waals surface area contributed by atoms with Gasteiger partial charge in [-0.05, 0) is 36.3 Å². The largest absolute Gasteiger partial charge is 0.269 e. The summed E-state index contributed by atoms with van der Waals surface area (Å²) in [4.78, 5) is 12.7. The summed E-state index contributed by atoms with van der Waals surface area (Å²) in [6.45, 7) is 4.27. The molecule has 0 radical (unpaired) electrons. The summed E-state index contributed by atoms with van der Waals surface area (Å²) >= 11 is 0. The molecule has 0 bridgehead atoms. The minimum Gasteiger partial charge on any atom is -0.269 e. The Kier molecular flexibility index (Phi) is 5.83. The molecule has 1 aliphatic rings. The minimum absolute atomic E-state index is 0.580. The Morgan fingerprint density at radius 3 is 2.40 bits per heavy atom. The maximum atomic E-state index is 4.35. The molecule has 2 aromatic rings. The van der Waals surface area contributed by atoms with Crippen molar-refractivity contribution in [3.63, 3.8) is 0 Å². The van der Waals surface area contributed by atoms with Crippen LogP contribution in [0.25, 0.3) is 11.1 Å². The first kappa shape index (κ1) is 16.8. The summed E-state index contributed by atoms with van der Waals surface area (Å²) in [6.07, 6.45) is 10.3. The van der Waals surface area contributed by atoms with E-state index in [4.69, 9.17) is 0 Å². The van der Waals surface area contributed by atoms with Gasteiger partial charge in [-0.2, -0.15) is 0 Å². The molecule has 3 heteroatoms. The van der Waals surface area contributed by atoms with E-state index >= 15 is 0 Å². The predicted molar refractivity (Wildman–Crippen MR) is 108 cm³/mol. The van der Waals surface area contributed by atoms with Gasteiger partial charge in [0.1, 0.15) is 6.34 Å². The Labute approximate surface area is 148 Å². The Hall–Kier alpha value is -3.07. The van der Waals surface area contributed by atoms with Crippen LogP contribution in [0.3, 0.4) is 0 Å². The SMILES string of the molecule is C=N/C(=N\C=N/CC1=CCCC=C1)c1ccc(-c2ccccc2)cc1. The van der Waals surface area contributed by atoms with Gasteiger partial charge in [0, 0.05) is 5.56 Å². The van der Waals surface area contributed by atoms with E-state index in [1.165, 1.54) is 11.1 Å². The second-order valence-corrected chi connectivity index (χ2v) is 5.77. The second kappa shape index (κ2) is 8.69. The van der Waals surface area contributed by atoms with Crippen LogP contribution in [0.1, 0.15) is 18.4 Å². The third-order valence-corrected chi connectivity index (χ3v) is 4.01. The third kappa shape index (κ3) is 4.70. The van der Waals surface area contributed by atoms with Gasteiger partial charge in [0.15, 0.2) is 5.84 Å². The maximum Gasteiger partial charge on any atom is 0.160 e. The first-order chi connectivity index (χ1) is 12.4. The van der Waals surface area contributed by atoms with E-state index in [9.17, 15) is 0 Å². The number of amidine groups is 1. The Balaban J connectivity index is 1.69. The van der Waals surface area contributed by atoms with Gasteiger partial charge in [0.25, 0.3) is 0 Å². The molecule has 0 saturated carbocycles. The quantitative estimate of drug-likeness (QED) is 0.541. The molecule has 0 N–H and O–H groups in total. The number of hydrogen-bond donors (Lipinski definition) is 0. The van der Waals surface area contributed by atoms with Gasteiger partial charge < -0.3 is 0 Å². The zero-order valence-electron chi connectivity index (χ0n) is 14.2. The van der Waals surface area contributed by atoms with E-state index in [0.717, 1.165) is 24.0 Å². The maximum absolute atomic E-state index is 4.35. The number of benzene rings is 2. The average Bonchev–Trinajstić information content (AvgIpc) is 2.70. The van der Waals surface area contributed by atoms with E-state index in [1.807, 2.05) is 30.3 Å². The van der Waals surface area contributed by atoms with Crippen LogP contribution in [0.5, 0.6) is 0 Å². The van der Waals surface area contributed by atoms with Crippen LogP contribution in [-0.4, -0.2) is 25.4 Å². The molecule has 0 fully saturated rings. The molecule has 25 heavy (non-hydrogen) atoms. The fraction of sp³-hybridized carbons (Fsp3) is 0.136. The molecule has 0 heterocycles. The highest BCUT2D eigenvalue weighted by molar-refractivity contribution is 6.04. The molecule has 2 aromatic carbocycles. The number of nitrogens with zero attached hydrogens (tertiary/aromatic N) is 3. The van der Waals surface area contributed by atoms with E-state index in [-0.39, 0.29) is 0 Å². The van der Waals surface area contributed by atoms with Gasteiger partial charge in [-0.3, -0.25) is 4.99 Å². The smallest absolute Gasteiger partial charge is 0.160 e. The van der Waals surface area contributed by atoms with Crippen LogP contribution >= 0.6 is 0 Å². The molecule has 0 aromatic heterocycles.